The van der Waals surface area contributed by atoms with Gasteiger partial charge in [0.05, 0.1) is 6.21 Å². The zero-order valence-corrected chi connectivity index (χ0v) is 15.9. The van der Waals surface area contributed by atoms with E-state index in [1.807, 2.05) is 30.3 Å². The molecule has 5 nitrogen and oxygen atoms in total. The van der Waals surface area contributed by atoms with E-state index >= 15 is 0 Å². The number of carbonyl (C=O) groups is 1. The van der Waals surface area contributed by atoms with Crippen LogP contribution in [0.15, 0.2) is 84.0 Å². The van der Waals surface area contributed by atoms with Gasteiger partial charge < -0.3 is 9.47 Å². The van der Waals surface area contributed by atoms with Gasteiger partial charge in [0, 0.05) is 0 Å². The molecule has 0 aliphatic heterocycles. The molecule has 3 aromatic rings. The van der Waals surface area contributed by atoms with Crippen LogP contribution in [0.4, 0.5) is 4.39 Å². The Morgan fingerprint density at radius 1 is 1.00 bits per heavy atom. The van der Waals surface area contributed by atoms with Gasteiger partial charge in [-0.1, -0.05) is 30.3 Å². The van der Waals surface area contributed by atoms with E-state index in [0.717, 1.165) is 11.1 Å². The highest BCUT2D eigenvalue weighted by Crippen LogP contribution is 2.14. The highest BCUT2D eigenvalue weighted by molar-refractivity contribution is 5.84. The van der Waals surface area contributed by atoms with Crippen LogP contribution in [0.5, 0.6) is 11.5 Å². The Kier molecular flexibility index (Phi) is 6.95. The van der Waals surface area contributed by atoms with Crippen molar-refractivity contribution in [3.63, 3.8) is 0 Å². The zero-order chi connectivity index (χ0) is 20.5. The molecule has 3 aromatic carbocycles. The molecule has 0 unspecified atom stereocenters. The summed E-state index contributed by atoms with van der Waals surface area (Å²) >= 11 is 0. The summed E-state index contributed by atoms with van der Waals surface area (Å²) in [7, 11) is 0. The highest BCUT2D eigenvalue weighted by atomic mass is 19.1. The van der Waals surface area contributed by atoms with Gasteiger partial charge in [0.25, 0.3) is 5.91 Å². The molecule has 0 heterocycles. The maximum Gasteiger partial charge on any atom is 0.280 e. The molecule has 0 saturated carbocycles. The number of hydrazone groups is 1. The first-order valence-corrected chi connectivity index (χ1v) is 9.12. The van der Waals surface area contributed by atoms with Gasteiger partial charge in [0.15, 0.2) is 6.10 Å². The molecule has 6 heteroatoms. The summed E-state index contributed by atoms with van der Waals surface area (Å²) in [5.74, 6) is 0.686. The summed E-state index contributed by atoms with van der Waals surface area (Å²) < 4.78 is 24.1. The number of ether oxygens (including phenoxy) is 2. The standard InChI is InChI=1S/C23H21FN2O3/c1-17(29-22-5-3-2-4-6-22)23(27)26-25-15-18-9-13-21(14-10-18)28-16-19-7-11-20(24)12-8-19/h2-15,17H,16H2,1H3,(H,26,27)/t17-/m1/s1. The molecule has 0 bridgehead atoms. The number of benzene rings is 3. The van der Waals surface area contributed by atoms with Crippen molar-refractivity contribution in [3.8, 4) is 11.5 Å². The Morgan fingerprint density at radius 3 is 2.38 bits per heavy atom. The molecule has 148 valence electrons. The topological polar surface area (TPSA) is 59.9 Å². The van der Waals surface area contributed by atoms with E-state index in [-0.39, 0.29) is 11.7 Å². The molecule has 3 rings (SSSR count). The summed E-state index contributed by atoms with van der Waals surface area (Å²) in [5.41, 5.74) is 4.14. The van der Waals surface area contributed by atoms with Crippen molar-refractivity contribution in [2.75, 3.05) is 0 Å². The van der Waals surface area contributed by atoms with Gasteiger partial charge in [0.1, 0.15) is 23.9 Å². The van der Waals surface area contributed by atoms with Gasteiger partial charge in [-0.05, 0) is 66.6 Å². The number of carbonyl (C=O) groups excluding carboxylic acids is 1. The monoisotopic (exact) mass is 392 g/mol. The van der Waals surface area contributed by atoms with Crippen LogP contribution in [0.3, 0.4) is 0 Å². The van der Waals surface area contributed by atoms with Gasteiger partial charge in [-0.2, -0.15) is 5.10 Å². The molecule has 0 aliphatic carbocycles. The third-order valence-corrected chi connectivity index (χ3v) is 4.01. The van der Waals surface area contributed by atoms with Crippen LogP contribution in [0.2, 0.25) is 0 Å². The van der Waals surface area contributed by atoms with Gasteiger partial charge in [0.2, 0.25) is 0 Å². The fourth-order valence-corrected chi connectivity index (χ4v) is 2.42. The predicted molar refractivity (Wildman–Crippen MR) is 109 cm³/mol. The van der Waals surface area contributed by atoms with Crippen LogP contribution in [-0.4, -0.2) is 18.2 Å². The summed E-state index contributed by atoms with van der Waals surface area (Å²) in [6.07, 6.45) is 0.869. The van der Waals surface area contributed by atoms with Gasteiger partial charge >= 0.3 is 0 Å². The number of amides is 1. The largest absolute Gasteiger partial charge is 0.489 e. The maximum atomic E-state index is 12.9. The average molecular weight is 392 g/mol. The van der Waals surface area contributed by atoms with E-state index in [9.17, 15) is 9.18 Å². The van der Waals surface area contributed by atoms with E-state index < -0.39 is 6.10 Å². The Bertz CT molecular complexity index is 942. The summed E-state index contributed by atoms with van der Waals surface area (Å²) in [4.78, 5) is 12.0. The molecule has 1 atom stereocenters. The minimum atomic E-state index is -0.670. The highest BCUT2D eigenvalue weighted by Gasteiger charge is 2.13. The molecule has 1 amide bonds. The molecule has 0 fully saturated rings. The smallest absolute Gasteiger partial charge is 0.280 e. The van der Waals surface area contributed by atoms with Crippen LogP contribution in [0, 0.1) is 5.82 Å². The molecular formula is C23H21FN2O3. The fraction of sp³-hybridized carbons (Fsp3) is 0.130. The van der Waals surface area contributed by atoms with Crippen molar-refractivity contribution in [1.82, 2.24) is 5.43 Å². The number of halogens is 1. The summed E-state index contributed by atoms with van der Waals surface area (Å²) in [5, 5.41) is 3.95. The van der Waals surface area contributed by atoms with Crippen LogP contribution in [0.1, 0.15) is 18.1 Å². The minimum Gasteiger partial charge on any atom is -0.489 e. The first-order valence-electron chi connectivity index (χ1n) is 9.12. The molecule has 29 heavy (non-hydrogen) atoms. The predicted octanol–water partition coefficient (Wildman–Crippen LogP) is 4.32. The minimum absolute atomic E-state index is 0.273. The van der Waals surface area contributed by atoms with Crippen molar-refractivity contribution < 1.29 is 18.7 Å². The molecule has 0 aliphatic rings. The summed E-state index contributed by atoms with van der Waals surface area (Å²) in [6, 6.07) is 22.5. The SMILES string of the molecule is C[C@@H](Oc1ccccc1)C(=O)NN=Cc1ccc(OCc2ccc(F)cc2)cc1. The number of nitrogens with one attached hydrogen (secondary N) is 1. The van der Waals surface area contributed by atoms with Crippen LogP contribution >= 0.6 is 0 Å². The lowest BCUT2D eigenvalue weighted by Crippen LogP contribution is -2.33. The van der Waals surface area contributed by atoms with E-state index in [4.69, 9.17) is 9.47 Å². The first kappa shape index (κ1) is 20.1. The number of para-hydroxylation sites is 1. The lowest BCUT2D eigenvalue weighted by molar-refractivity contribution is -0.127. The Labute approximate surface area is 168 Å². The third-order valence-electron chi connectivity index (χ3n) is 4.01. The van der Waals surface area contributed by atoms with Crippen molar-refractivity contribution in [3.05, 3.63) is 95.8 Å². The second kappa shape index (κ2) is 10.0. The van der Waals surface area contributed by atoms with Gasteiger partial charge in [-0.3, -0.25) is 4.79 Å². The molecule has 0 aromatic heterocycles. The first-order chi connectivity index (χ1) is 14.1. The van der Waals surface area contributed by atoms with Crippen molar-refractivity contribution in [1.29, 1.82) is 0 Å². The molecule has 0 spiro atoms. The van der Waals surface area contributed by atoms with Crippen LogP contribution in [0.25, 0.3) is 0 Å². The fourth-order valence-electron chi connectivity index (χ4n) is 2.42. The number of rotatable bonds is 8. The van der Waals surface area contributed by atoms with Crippen LogP contribution < -0.4 is 14.9 Å². The Hall–Kier alpha value is -3.67. The molecular weight excluding hydrogens is 371 g/mol. The second-order valence-corrected chi connectivity index (χ2v) is 6.29. The maximum absolute atomic E-state index is 12.9. The number of hydrogen-bond donors (Lipinski definition) is 1. The third kappa shape index (κ3) is 6.46. The number of nitrogens with zero attached hydrogens (tertiary/aromatic N) is 1. The van der Waals surface area contributed by atoms with E-state index in [0.29, 0.717) is 18.1 Å². The van der Waals surface area contributed by atoms with E-state index in [1.165, 1.54) is 18.3 Å². The Morgan fingerprint density at radius 2 is 1.69 bits per heavy atom. The normalized spacial score (nSPS) is 11.8. The lowest BCUT2D eigenvalue weighted by Gasteiger charge is -2.12. The van der Waals surface area contributed by atoms with Gasteiger partial charge in [-0.25, -0.2) is 9.82 Å². The van der Waals surface area contributed by atoms with Crippen molar-refractivity contribution >= 4 is 12.1 Å². The van der Waals surface area contributed by atoms with E-state index in [1.54, 1.807) is 43.3 Å². The second-order valence-electron chi connectivity index (χ2n) is 6.29. The zero-order valence-electron chi connectivity index (χ0n) is 15.9. The van der Waals surface area contributed by atoms with E-state index in [2.05, 4.69) is 10.5 Å². The van der Waals surface area contributed by atoms with Crippen LogP contribution in [-0.2, 0) is 11.4 Å². The van der Waals surface area contributed by atoms with Gasteiger partial charge in [-0.15, -0.1) is 0 Å². The average Bonchev–Trinajstić information content (AvgIpc) is 2.75. The molecule has 0 saturated heterocycles. The number of hydrogen-bond acceptors (Lipinski definition) is 4. The lowest BCUT2D eigenvalue weighted by atomic mass is 10.2. The summed E-state index contributed by atoms with van der Waals surface area (Å²) in [6.45, 7) is 2.01. The van der Waals surface area contributed by atoms with Crippen molar-refractivity contribution in [2.24, 2.45) is 5.10 Å². The quantitative estimate of drug-likeness (QED) is 0.459. The Balaban J connectivity index is 1.45. The molecule has 1 N–H and O–H groups in total. The van der Waals surface area contributed by atoms with Crippen molar-refractivity contribution in [2.45, 2.75) is 19.6 Å². The molecule has 0 radical (unpaired) electrons.